The number of likely N-dealkylation sites (tertiary alicyclic amines) is 1. The molecule has 0 radical (unpaired) electrons. The normalized spacial score (nSPS) is 29.2. The molecule has 1 aliphatic heterocycles. The van der Waals surface area contributed by atoms with Crippen molar-refractivity contribution >= 4 is 12.0 Å². The number of nitrogens with zero attached hydrogens (tertiary/aromatic N) is 3. The number of aromatic amines is 1. The lowest BCUT2D eigenvalue weighted by Crippen LogP contribution is -2.48. The van der Waals surface area contributed by atoms with E-state index in [1.165, 1.54) is 11.2 Å². The van der Waals surface area contributed by atoms with Crippen LogP contribution in [0.2, 0.25) is 0 Å². The van der Waals surface area contributed by atoms with Crippen LogP contribution in [0.1, 0.15) is 38.1 Å². The first-order valence-corrected chi connectivity index (χ1v) is 7.23. The number of hydrogen-bond acceptors (Lipinski definition) is 4. The highest BCUT2D eigenvalue weighted by atomic mass is 16.4. The van der Waals surface area contributed by atoms with Crippen LogP contribution in [0, 0.1) is 11.8 Å². The van der Waals surface area contributed by atoms with Gasteiger partial charge in [0.1, 0.15) is 18.2 Å². The van der Waals surface area contributed by atoms with Gasteiger partial charge in [0.25, 0.3) is 0 Å². The maximum Gasteiger partial charge on any atom is 0.326 e. The number of H-pyrrole nitrogens is 1. The zero-order valence-corrected chi connectivity index (χ0v) is 11.8. The molecule has 2 amide bonds. The Balaban J connectivity index is 1.70. The molecule has 4 atom stereocenters. The Hall–Kier alpha value is -2.12. The summed E-state index contributed by atoms with van der Waals surface area (Å²) in [5.74, 6) is 0.0488. The van der Waals surface area contributed by atoms with Gasteiger partial charge in [0, 0.05) is 6.54 Å². The molecule has 3 rings (SSSR count). The molecule has 1 aliphatic carbocycles. The van der Waals surface area contributed by atoms with Crippen LogP contribution in [0.15, 0.2) is 6.33 Å². The standard InChI is InChI=1S/C13H19N5O3/c1-7(11-14-6-15-17-11)16-13(21)18-5-8-3-2-4-9(8)10(18)12(19)20/h6-10H,2-5H2,1H3,(H,16,21)(H,19,20)(H,14,15,17). The first-order valence-electron chi connectivity index (χ1n) is 7.23. The summed E-state index contributed by atoms with van der Waals surface area (Å²) in [5.41, 5.74) is 0. The predicted octanol–water partition coefficient (Wildman–Crippen LogP) is 0.760. The Morgan fingerprint density at radius 1 is 1.52 bits per heavy atom. The molecule has 2 heterocycles. The van der Waals surface area contributed by atoms with E-state index in [-0.39, 0.29) is 18.0 Å². The summed E-state index contributed by atoms with van der Waals surface area (Å²) in [6.07, 6.45) is 4.33. The summed E-state index contributed by atoms with van der Waals surface area (Å²) in [7, 11) is 0. The van der Waals surface area contributed by atoms with Crippen LogP contribution >= 0.6 is 0 Å². The van der Waals surface area contributed by atoms with Crippen LogP contribution < -0.4 is 5.32 Å². The zero-order valence-electron chi connectivity index (χ0n) is 11.8. The number of nitrogens with one attached hydrogen (secondary N) is 2. The molecule has 0 aromatic carbocycles. The van der Waals surface area contributed by atoms with Crippen LogP contribution in [-0.2, 0) is 4.79 Å². The fourth-order valence-electron chi connectivity index (χ4n) is 3.59. The Morgan fingerprint density at radius 2 is 2.33 bits per heavy atom. The summed E-state index contributed by atoms with van der Waals surface area (Å²) in [6.45, 7) is 2.31. The lowest BCUT2D eigenvalue weighted by Gasteiger charge is -2.26. The molecule has 0 spiro atoms. The largest absolute Gasteiger partial charge is 0.480 e. The van der Waals surface area contributed by atoms with E-state index in [4.69, 9.17) is 0 Å². The van der Waals surface area contributed by atoms with Crippen molar-refractivity contribution in [3.63, 3.8) is 0 Å². The average Bonchev–Trinajstić information content (AvgIpc) is 3.14. The van der Waals surface area contributed by atoms with Crippen molar-refractivity contribution in [2.24, 2.45) is 11.8 Å². The molecule has 1 aromatic rings. The van der Waals surface area contributed by atoms with Gasteiger partial charge in [-0.25, -0.2) is 14.6 Å². The third-order valence-electron chi connectivity index (χ3n) is 4.59. The van der Waals surface area contributed by atoms with Gasteiger partial charge in [-0.1, -0.05) is 6.42 Å². The molecule has 2 fully saturated rings. The minimum absolute atomic E-state index is 0.0915. The summed E-state index contributed by atoms with van der Waals surface area (Å²) in [5, 5.41) is 18.7. The number of carboxylic acid groups (broad SMARTS) is 1. The van der Waals surface area contributed by atoms with Gasteiger partial charge in [0.15, 0.2) is 0 Å². The van der Waals surface area contributed by atoms with Gasteiger partial charge < -0.3 is 15.3 Å². The topological polar surface area (TPSA) is 111 Å². The van der Waals surface area contributed by atoms with Gasteiger partial charge in [-0.2, -0.15) is 5.10 Å². The number of carbonyl (C=O) groups is 2. The summed E-state index contributed by atoms with van der Waals surface area (Å²) < 4.78 is 0. The lowest BCUT2D eigenvalue weighted by molar-refractivity contribution is -0.142. The minimum Gasteiger partial charge on any atom is -0.480 e. The van der Waals surface area contributed by atoms with Gasteiger partial charge in [-0.3, -0.25) is 5.10 Å². The number of aromatic nitrogens is 3. The number of carbonyl (C=O) groups excluding carboxylic acids is 1. The summed E-state index contributed by atoms with van der Waals surface area (Å²) in [6, 6.07) is -1.39. The smallest absolute Gasteiger partial charge is 0.326 e. The van der Waals surface area contributed by atoms with Crippen LogP contribution in [0.5, 0.6) is 0 Å². The number of aliphatic carboxylic acids is 1. The monoisotopic (exact) mass is 293 g/mol. The molecule has 2 aliphatic rings. The van der Waals surface area contributed by atoms with Crippen molar-refractivity contribution < 1.29 is 14.7 Å². The molecule has 3 N–H and O–H groups in total. The van der Waals surface area contributed by atoms with Crippen molar-refractivity contribution in [2.45, 2.75) is 38.3 Å². The van der Waals surface area contributed by atoms with E-state index in [2.05, 4.69) is 20.5 Å². The molecule has 8 heteroatoms. The van der Waals surface area contributed by atoms with Crippen LogP contribution in [-0.4, -0.2) is 49.8 Å². The van der Waals surface area contributed by atoms with Crippen molar-refractivity contribution in [1.82, 2.24) is 25.4 Å². The van der Waals surface area contributed by atoms with Crippen LogP contribution in [0.25, 0.3) is 0 Å². The molecule has 21 heavy (non-hydrogen) atoms. The highest BCUT2D eigenvalue weighted by molar-refractivity contribution is 5.84. The van der Waals surface area contributed by atoms with E-state index in [0.717, 1.165) is 19.3 Å². The van der Waals surface area contributed by atoms with E-state index in [1.54, 1.807) is 6.92 Å². The van der Waals surface area contributed by atoms with Gasteiger partial charge in [-0.15, -0.1) is 0 Å². The second kappa shape index (κ2) is 5.34. The third-order valence-corrected chi connectivity index (χ3v) is 4.59. The number of carboxylic acids is 1. The fraction of sp³-hybridized carbons (Fsp3) is 0.692. The maximum absolute atomic E-state index is 12.4. The molecule has 8 nitrogen and oxygen atoms in total. The predicted molar refractivity (Wildman–Crippen MR) is 72.3 cm³/mol. The van der Waals surface area contributed by atoms with Crippen molar-refractivity contribution in [3.8, 4) is 0 Å². The quantitative estimate of drug-likeness (QED) is 0.762. The lowest BCUT2D eigenvalue weighted by atomic mass is 9.94. The van der Waals surface area contributed by atoms with Crippen LogP contribution in [0.4, 0.5) is 4.79 Å². The maximum atomic E-state index is 12.4. The second-order valence-corrected chi connectivity index (χ2v) is 5.83. The number of amides is 2. The minimum atomic E-state index is -0.910. The van der Waals surface area contributed by atoms with E-state index < -0.39 is 12.0 Å². The van der Waals surface area contributed by atoms with Crippen molar-refractivity contribution in [3.05, 3.63) is 12.2 Å². The highest BCUT2D eigenvalue weighted by Gasteiger charge is 2.49. The Labute approximate surface area is 121 Å². The first-order chi connectivity index (χ1) is 10.1. The van der Waals surface area contributed by atoms with Gasteiger partial charge in [0.05, 0.1) is 6.04 Å². The number of fused-ring (bicyclic) bond motifs is 1. The third kappa shape index (κ3) is 2.45. The summed E-state index contributed by atoms with van der Waals surface area (Å²) in [4.78, 5) is 29.4. The highest BCUT2D eigenvalue weighted by Crippen LogP contribution is 2.42. The second-order valence-electron chi connectivity index (χ2n) is 5.83. The van der Waals surface area contributed by atoms with Crippen LogP contribution in [0.3, 0.4) is 0 Å². The first kappa shape index (κ1) is 13.8. The molecule has 1 aromatic heterocycles. The zero-order chi connectivity index (χ0) is 15.0. The number of urea groups is 1. The van der Waals surface area contributed by atoms with E-state index >= 15 is 0 Å². The Kier molecular flexibility index (Phi) is 3.52. The average molecular weight is 293 g/mol. The fourth-order valence-corrected chi connectivity index (χ4v) is 3.59. The van der Waals surface area contributed by atoms with E-state index in [9.17, 15) is 14.7 Å². The summed E-state index contributed by atoms with van der Waals surface area (Å²) >= 11 is 0. The van der Waals surface area contributed by atoms with Crippen molar-refractivity contribution in [1.29, 1.82) is 0 Å². The number of rotatable bonds is 3. The van der Waals surface area contributed by atoms with Gasteiger partial charge >= 0.3 is 12.0 Å². The Bertz CT molecular complexity index is 532. The van der Waals surface area contributed by atoms with E-state index in [0.29, 0.717) is 18.3 Å². The molecular formula is C13H19N5O3. The number of hydrogen-bond donors (Lipinski definition) is 3. The molecule has 1 saturated heterocycles. The SMILES string of the molecule is CC(NC(=O)N1CC2CCCC2C1C(=O)O)c1ncn[nH]1. The van der Waals surface area contributed by atoms with Gasteiger partial charge in [0.2, 0.25) is 0 Å². The van der Waals surface area contributed by atoms with Crippen molar-refractivity contribution in [2.75, 3.05) is 6.54 Å². The molecule has 1 saturated carbocycles. The van der Waals surface area contributed by atoms with E-state index in [1.807, 2.05) is 0 Å². The van der Waals surface area contributed by atoms with Gasteiger partial charge in [-0.05, 0) is 31.6 Å². The molecule has 0 bridgehead atoms. The molecular weight excluding hydrogens is 274 g/mol. The Morgan fingerprint density at radius 3 is 3.00 bits per heavy atom. The molecule has 4 unspecified atom stereocenters. The molecule has 114 valence electrons.